The molecule has 162 valence electrons. The van der Waals surface area contributed by atoms with Crippen molar-refractivity contribution in [3.63, 3.8) is 0 Å². The zero-order valence-corrected chi connectivity index (χ0v) is 17.4. The van der Waals surface area contributed by atoms with Crippen molar-refractivity contribution < 1.29 is 37.7 Å². The number of rotatable bonds is 7. The van der Waals surface area contributed by atoms with Crippen LogP contribution in [0.3, 0.4) is 0 Å². The van der Waals surface area contributed by atoms with Gasteiger partial charge in [-0.1, -0.05) is 0 Å². The third-order valence-electron chi connectivity index (χ3n) is 4.85. The standard InChI is InChI=1S/C23H22O8/c1-13(24)27-7-6-18(30-14(2)25)16-8-17-11-20(31-23(17)22(10-16)26-3)15-4-5-19-21(9-15)29-12-28-19/h4-5,8-11,18H,6-7,12H2,1-3H3. The fraction of sp³-hybridized carbons (Fsp3) is 0.304. The van der Waals surface area contributed by atoms with E-state index in [4.69, 9.17) is 28.1 Å². The van der Waals surface area contributed by atoms with Crippen molar-refractivity contribution in [2.45, 2.75) is 26.4 Å². The summed E-state index contributed by atoms with van der Waals surface area (Å²) >= 11 is 0. The van der Waals surface area contributed by atoms with Gasteiger partial charge in [0.1, 0.15) is 11.9 Å². The molecule has 1 aliphatic heterocycles. The summed E-state index contributed by atoms with van der Waals surface area (Å²) < 4.78 is 32.9. The topological polar surface area (TPSA) is 93.4 Å². The molecule has 0 saturated heterocycles. The van der Waals surface area contributed by atoms with Crippen molar-refractivity contribution in [3.05, 3.63) is 42.0 Å². The Kier molecular flexibility index (Phi) is 5.70. The molecule has 0 fully saturated rings. The molecule has 31 heavy (non-hydrogen) atoms. The van der Waals surface area contributed by atoms with Gasteiger partial charge in [0.05, 0.1) is 13.7 Å². The van der Waals surface area contributed by atoms with Gasteiger partial charge in [-0.3, -0.25) is 9.59 Å². The van der Waals surface area contributed by atoms with E-state index in [0.717, 1.165) is 10.9 Å². The molecule has 1 unspecified atom stereocenters. The van der Waals surface area contributed by atoms with Crippen LogP contribution in [-0.2, 0) is 19.1 Å². The van der Waals surface area contributed by atoms with E-state index in [1.54, 1.807) is 13.2 Å². The maximum Gasteiger partial charge on any atom is 0.303 e. The lowest BCUT2D eigenvalue weighted by Gasteiger charge is -2.18. The lowest BCUT2D eigenvalue weighted by atomic mass is 10.0. The molecule has 2 heterocycles. The predicted octanol–water partition coefficient (Wildman–Crippen LogP) is 4.39. The Hall–Kier alpha value is -3.68. The molecule has 0 amide bonds. The molecule has 0 radical (unpaired) electrons. The maximum absolute atomic E-state index is 11.6. The van der Waals surface area contributed by atoms with E-state index < -0.39 is 18.0 Å². The third kappa shape index (κ3) is 4.42. The number of hydrogen-bond donors (Lipinski definition) is 0. The summed E-state index contributed by atoms with van der Waals surface area (Å²) in [6.45, 7) is 2.99. The molecule has 4 rings (SSSR count). The Balaban J connectivity index is 1.70. The van der Waals surface area contributed by atoms with Gasteiger partial charge in [-0.2, -0.15) is 0 Å². The quantitative estimate of drug-likeness (QED) is 0.514. The third-order valence-corrected chi connectivity index (χ3v) is 4.85. The number of esters is 2. The largest absolute Gasteiger partial charge is 0.493 e. The highest BCUT2D eigenvalue weighted by Gasteiger charge is 2.21. The molecule has 8 nitrogen and oxygen atoms in total. The molecule has 2 aromatic carbocycles. The molecular formula is C23H22O8. The summed E-state index contributed by atoms with van der Waals surface area (Å²) in [7, 11) is 1.54. The average Bonchev–Trinajstić information content (AvgIpc) is 3.37. The predicted molar refractivity (Wildman–Crippen MR) is 110 cm³/mol. The first-order valence-electron chi connectivity index (χ1n) is 9.76. The second-order valence-electron chi connectivity index (χ2n) is 7.05. The van der Waals surface area contributed by atoms with Gasteiger partial charge >= 0.3 is 11.9 Å². The van der Waals surface area contributed by atoms with Gasteiger partial charge in [-0.25, -0.2) is 0 Å². The Morgan fingerprint density at radius 1 is 1.03 bits per heavy atom. The van der Waals surface area contributed by atoms with Crippen LogP contribution in [0.2, 0.25) is 0 Å². The van der Waals surface area contributed by atoms with E-state index in [1.165, 1.54) is 13.8 Å². The van der Waals surface area contributed by atoms with Crippen molar-refractivity contribution in [2.24, 2.45) is 0 Å². The van der Waals surface area contributed by atoms with Gasteiger partial charge in [0.2, 0.25) is 6.79 Å². The van der Waals surface area contributed by atoms with Gasteiger partial charge in [0, 0.05) is 31.2 Å². The van der Waals surface area contributed by atoms with Crippen molar-refractivity contribution in [2.75, 3.05) is 20.5 Å². The zero-order valence-electron chi connectivity index (χ0n) is 17.4. The van der Waals surface area contributed by atoms with Crippen molar-refractivity contribution in [3.8, 4) is 28.6 Å². The number of fused-ring (bicyclic) bond motifs is 2. The SMILES string of the molecule is COc1cc(C(CCOC(C)=O)OC(C)=O)cc2cc(-c3ccc4c(c3)OCO4)oc12. The molecule has 1 atom stereocenters. The first-order valence-corrected chi connectivity index (χ1v) is 9.76. The summed E-state index contributed by atoms with van der Waals surface area (Å²) in [5.41, 5.74) is 2.11. The summed E-state index contributed by atoms with van der Waals surface area (Å²) in [6, 6.07) is 11.1. The highest BCUT2D eigenvalue weighted by atomic mass is 16.7. The van der Waals surface area contributed by atoms with Crippen LogP contribution in [0.5, 0.6) is 17.2 Å². The van der Waals surface area contributed by atoms with E-state index in [2.05, 4.69) is 0 Å². The average molecular weight is 426 g/mol. The molecule has 0 N–H and O–H groups in total. The minimum Gasteiger partial charge on any atom is -0.493 e. The van der Waals surface area contributed by atoms with Crippen LogP contribution >= 0.6 is 0 Å². The minimum atomic E-state index is -0.598. The molecule has 1 aromatic heterocycles. The smallest absolute Gasteiger partial charge is 0.303 e. The molecular weight excluding hydrogens is 404 g/mol. The second kappa shape index (κ2) is 8.59. The number of methoxy groups -OCH3 is 1. The highest BCUT2D eigenvalue weighted by Crippen LogP contribution is 2.40. The molecule has 0 bridgehead atoms. The molecule has 1 aliphatic rings. The molecule has 0 aliphatic carbocycles. The number of carbonyl (C=O) groups excluding carboxylic acids is 2. The number of furan rings is 1. The molecule has 8 heteroatoms. The van der Waals surface area contributed by atoms with E-state index in [0.29, 0.717) is 40.6 Å². The Labute approximate surface area is 178 Å². The van der Waals surface area contributed by atoms with Crippen LogP contribution in [0.1, 0.15) is 31.9 Å². The van der Waals surface area contributed by atoms with Crippen LogP contribution in [0.15, 0.2) is 40.8 Å². The van der Waals surface area contributed by atoms with Gasteiger partial charge in [0.15, 0.2) is 22.8 Å². The van der Waals surface area contributed by atoms with Crippen LogP contribution in [0.4, 0.5) is 0 Å². The lowest BCUT2D eigenvalue weighted by Crippen LogP contribution is -2.12. The van der Waals surface area contributed by atoms with E-state index in [1.807, 2.05) is 30.3 Å². The number of hydrogen-bond acceptors (Lipinski definition) is 8. The van der Waals surface area contributed by atoms with Crippen LogP contribution in [0, 0.1) is 0 Å². The zero-order chi connectivity index (χ0) is 22.0. The normalized spacial score (nSPS) is 13.1. The fourth-order valence-corrected chi connectivity index (χ4v) is 3.48. The lowest BCUT2D eigenvalue weighted by molar-refractivity contribution is -0.149. The maximum atomic E-state index is 11.6. The summed E-state index contributed by atoms with van der Waals surface area (Å²) in [4.78, 5) is 22.7. The first-order chi connectivity index (χ1) is 14.9. The highest BCUT2D eigenvalue weighted by molar-refractivity contribution is 5.88. The Bertz CT molecular complexity index is 1130. The Morgan fingerprint density at radius 3 is 2.58 bits per heavy atom. The van der Waals surface area contributed by atoms with Crippen molar-refractivity contribution in [1.29, 1.82) is 0 Å². The first kappa shape index (κ1) is 20.6. The number of carbonyl (C=O) groups is 2. The number of benzene rings is 2. The monoisotopic (exact) mass is 426 g/mol. The van der Waals surface area contributed by atoms with Gasteiger partial charge in [0.25, 0.3) is 0 Å². The van der Waals surface area contributed by atoms with E-state index >= 15 is 0 Å². The van der Waals surface area contributed by atoms with Crippen molar-refractivity contribution >= 4 is 22.9 Å². The van der Waals surface area contributed by atoms with Crippen LogP contribution in [0.25, 0.3) is 22.3 Å². The molecule has 0 spiro atoms. The van der Waals surface area contributed by atoms with E-state index in [-0.39, 0.29) is 13.4 Å². The van der Waals surface area contributed by atoms with Gasteiger partial charge in [-0.05, 0) is 42.0 Å². The second-order valence-corrected chi connectivity index (χ2v) is 7.05. The molecule has 0 saturated carbocycles. The van der Waals surface area contributed by atoms with Gasteiger partial charge < -0.3 is 28.1 Å². The summed E-state index contributed by atoms with van der Waals surface area (Å²) in [6.07, 6.45) is -0.278. The van der Waals surface area contributed by atoms with Crippen LogP contribution in [-0.4, -0.2) is 32.4 Å². The van der Waals surface area contributed by atoms with E-state index in [9.17, 15) is 9.59 Å². The summed E-state index contributed by atoms with van der Waals surface area (Å²) in [5.74, 6) is 1.66. The fourth-order valence-electron chi connectivity index (χ4n) is 3.48. The van der Waals surface area contributed by atoms with Crippen LogP contribution < -0.4 is 14.2 Å². The number of ether oxygens (including phenoxy) is 5. The Morgan fingerprint density at radius 2 is 1.84 bits per heavy atom. The van der Waals surface area contributed by atoms with Crippen molar-refractivity contribution in [1.82, 2.24) is 0 Å². The summed E-state index contributed by atoms with van der Waals surface area (Å²) in [5, 5.41) is 0.784. The minimum absolute atomic E-state index is 0.126. The van der Waals surface area contributed by atoms with Gasteiger partial charge in [-0.15, -0.1) is 0 Å². The molecule has 3 aromatic rings.